The Kier molecular flexibility index (Phi) is 6.60. The van der Waals surface area contributed by atoms with Gasteiger partial charge >= 0.3 is 0 Å². The first kappa shape index (κ1) is 21.4. The molecule has 1 aromatic heterocycles. The third-order valence-electron chi connectivity index (χ3n) is 5.33. The number of carbonyl (C=O) groups is 2. The lowest BCUT2D eigenvalue weighted by Gasteiger charge is -2.33. The molecular formula is C23H27N5O2S. The van der Waals surface area contributed by atoms with Gasteiger partial charge in [-0.15, -0.1) is 11.3 Å². The molecule has 0 aliphatic carbocycles. The standard InChI is InChI=1S/C23H27N5O2S/c1-26(2)23(30)17-6-5-7-18(14-17)24-21(29)15-27-10-12-28(13-11-27)16-22-25-19-8-3-4-9-20(19)31-22/h3-9,14H,10-13,15-16H2,1-2H3,(H,24,29). The van der Waals surface area contributed by atoms with Gasteiger partial charge in [-0.25, -0.2) is 4.98 Å². The van der Waals surface area contributed by atoms with Gasteiger partial charge in [0.15, 0.2) is 0 Å². The lowest BCUT2D eigenvalue weighted by atomic mass is 10.2. The number of rotatable bonds is 6. The van der Waals surface area contributed by atoms with Crippen LogP contribution in [0.15, 0.2) is 48.5 Å². The fourth-order valence-electron chi connectivity index (χ4n) is 3.68. The van der Waals surface area contributed by atoms with Crippen molar-refractivity contribution in [2.45, 2.75) is 6.54 Å². The highest BCUT2D eigenvalue weighted by Crippen LogP contribution is 2.23. The van der Waals surface area contributed by atoms with E-state index < -0.39 is 0 Å². The second-order valence-corrected chi connectivity index (χ2v) is 9.07. The Balaban J connectivity index is 1.25. The van der Waals surface area contributed by atoms with Gasteiger partial charge in [0.05, 0.1) is 23.3 Å². The molecule has 0 spiro atoms. The molecule has 3 aromatic rings. The number of para-hydroxylation sites is 1. The predicted octanol–water partition coefficient (Wildman–Crippen LogP) is 2.75. The molecule has 7 nitrogen and oxygen atoms in total. The van der Waals surface area contributed by atoms with Crippen molar-refractivity contribution < 1.29 is 9.59 Å². The Morgan fingerprint density at radius 3 is 2.52 bits per heavy atom. The third-order valence-corrected chi connectivity index (χ3v) is 6.35. The number of aromatic nitrogens is 1. The molecule has 2 heterocycles. The maximum absolute atomic E-state index is 12.5. The molecule has 0 saturated carbocycles. The van der Waals surface area contributed by atoms with Crippen LogP contribution >= 0.6 is 11.3 Å². The molecule has 0 unspecified atom stereocenters. The highest BCUT2D eigenvalue weighted by Gasteiger charge is 2.20. The molecule has 0 radical (unpaired) electrons. The molecule has 2 aromatic carbocycles. The van der Waals surface area contributed by atoms with Gasteiger partial charge in [-0.05, 0) is 30.3 Å². The highest BCUT2D eigenvalue weighted by molar-refractivity contribution is 7.18. The van der Waals surface area contributed by atoms with E-state index in [1.807, 2.05) is 12.1 Å². The highest BCUT2D eigenvalue weighted by atomic mass is 32.1. The number of hydrogen-bond donors (Lipinski definition) is 1. The molecule has 1 N–H and O–H groups in total. The van der Waals surface area contributed by atoms with Gasteiger partial charge in [-0.2, -0.15) is 0 Å². The van der Waals surface area contributed by atoms with E-state index in [2.05, 4.69) is 27.2 Å². The largest absolute Gasteiger partial charge is 0.345 e. The minimum atomic E-state index is -0.0830. The van der Waals surface area contributed by atoms with Crippen LogP contribution in [-0.4, -0.2) is 78.3 Å². The molecule has 0 atom stereocenters. The molecule has 1 aliphatic heterocycles. The number of benzene rings is 2. The summed E-state index contributed by atoms with van der Waals surface area (Å²) in [5, 5.41) is 4.05. The van der Waals surface area contributed by atoms with Crippen molar-refractivity contribution in [2.24, 2.45) is 0 Å². The fraction of sp³-hybridized carbons (Fsp3) is 0.348. The van der Waals surface area contributed by atoms with E-state index >= 15 is 0 Å². The number of anilines is 1. The van der Waals surface area contributed by atoms with E-state index in [0.717, 1.165) is 43.2 Å². The third kappa shape index (κ3) is 5.46. The maximum atomic E-state index is 12.5. The number of nitrogens with one attached hydrogen (secondary N) is 1. The molecule has 1 aliphatic rings. The zero-order valence-corrected chi connectivity index (χ0v) is 18.7. The number of thiazole rings is 1. The van der Waals surface area contributed by atoms with Crippen LogP contribution in [0.5, 0.6) is 0 Å². The summed E-state index contributed by atoms with van der Waals surface area (Å²) in [4.78, 5) is 35.4. The zero-order chi connectivity index (χ0) is 21.8. The fourth-order valence-corrected chi connectivity index (χ4v) is 4.69. The Morgan fingerprint density at radius 2 is 1.77 bits per heavy atom. The minimum Gasteiger partial charge on any atom is -0.345 e. The van der Waals surface area contributed by atoms with Crippen LogP contribution in [0.2, 0.25) is 0 Å². The normalized spacial score (nSPS) is 15.2. The van der Waals surface area contributed by atoms with Crippen molar-refractivity contribution in [3.05, 3.63) is 59.1 Å². The summed E-state index contributed by atoms with van der Waals surface area (Å²) in [6.07, 6.45) is 0. The van der Waals surface area contributed by atoms with Crippen molar-refractivity contribution in [1.82, 2.24) is 19.7 Å². The zero-order valence-electron chi connectivity index (χ0n) is 17.9. The summed E-state index contributed by atoms with van der Waals surface area (Å²) in [6.45, 7) is 4.72. The Bertz CT molecular complexity index is 1040. The molecular weight excluding hydrogens is 410 g/mol. The lowest BCUT2D eigenvalue weighted by molar-refractivity contribution is -0.117. The van der Waals surface area contributed by atoms with Gasteiger partial charge in [-0.3, -0.25) is 19.4 Å². The SMILES string of the molecule is CN(C)C(=O)c1cccc(NC(=O)CN2CCN(Cc3nc4ccccc4s3)CC2)c1. The summed E-state index contributed by atoms with van der Waals surface area (Å²) in [5.41, 5.74) is 2.27. The monoisotopic (exact) mass is 437 g/mol. The van der Waals surface area contributed by atoms with E-state index in [9.17, 15) is 9.59 Å². The van der Waals surface area contributed by atoms with Gasteiger partial charge in [0.25, 0.3) is 5.91 Å². The Hall–Kier alpha value is -2.81. The Labute approximate surface area is 186 Å². The average molecular weight is 438 g/mol. The first-order chi connectivity index (χ1) is 15.0. The Morgan fingerprint density at radius 1 is 1.03 bits per heavy atom. The molecule has 0 bridgehead atoms. The number of carbonyl (C=O) groups excluding carboxylic acids is 2. The van der Waals surface area contributed by atoms with E-state index in [0.29, 0.717) is 17.8 Å². The van der Waals surface area contributed by atoms with Crippen LogP contribution in [0.4, 0.5) is 5.69 Å². The molecule has 8 heteroatoms. The van der Waals surface area contributed by atoms with E-state index in [4.69, 9.17) is 4.98 Å². The van der Waals surface area contributed by atoms with Crippen LogP contribution in [-0.2, 0) is 11.3 Å². The summed E-state index contributed by atoms with van der Waals surface area (Å²) in [7, 11) is 3.42. The van der Waals surface area contributed by atoms with E-state index in [1.54, 1.807) is 49.7 Å². The van der Waals surface area contributed by atoms with Crippen LogP contribution in [0.1, 0.15) is 15.4 Å². The van der Waals surface area contributed by atoms with Crippen LogP contribution < -0.4 is 5.32 Å². The van der Waals surface area contributed by atoms with Crippen molar-refractivity contribution in [1.29, 1.82) is 0 Å². The molecule has 2 amide bonds. The second kappa shape index (κ2) is 9.55. The number of nitrogens with zero attached hydrogens (tertiary/aromatic N) is 4. The van der Waals surface area contributed by atoms with Gasteiger partial charge < -0.3 is 10.2 Å². The van der Waals surface area contributed by atoms with Crippen LogP contribution in [0.3, 0.4) is 0 Å². The quantitative estimate of drug-likeness (QED) is 0.642. The lowest BCUT2D eigenvalue weighted by Crippen LogP contribution is -2.48. The number of amides is 2. The summed E-state index contributed by atoms with van der Waals surface area (Å²) < 4.78 is 1.23. The van der Waals surface area contributed by atoms with Gasteiger partial charge in [0.1, 0.15) is 5.01 Å². The number of fused-ring (bicyclic) bond motifs is 1. The molecule has 1 saturated heterocycles. The maximum Gasteiger partial charge on any atom is 0.253 e. The summed E-state index contributed by atoms with van der Waals surface area (Å²) in [6, 6.07) is 15.3. The van der Waals surface area contributed by atoms with E-state index in [1.165, 1.54) is 9.60 Å². The van der Waals surface area contributed by atoms with E-state index in [-0.39, 0.29) is 11.8 Å². The smallest absolute Gasteiger partial charge is 0.253 e. The molecule has 4 rings (SSSR count). The summed E-state index contributed by atoms with van der Waals surface area (Å²) >= 11 is 1.75. The van der Waals surface area contributed by atoms with Gasteiger partial charge in [0.2, 0.25) is 5.91 Å². The first-order valence-corrected chi connectivity index (χ1v) is 11.2. The predicted molar refractivity (Wildman–Crippen MR) is 124 cm³/mol. The molecule has 162 valence electrons. The first-order valence-electron chi connectivity index (χ1n) is 10.4. The minimum absolute atomic E-state index is 0.0610. The van der Waals surface area contributed by atoms with Crippen molar-refractivity contribution in [3.8, 4) is 0 Å². The second-order valence-electron chi connectivity index (χ2n) is 7.96. The van der Waals surface area contributed by atoms with Crippen molar-refractivity contribution >= 4 is 39.1 Å². The molecule has 31 heavy (non-hydrogen) atoms. The van der Waals surface area contributed by atoms with Crippen LogP contribution in [0.25, 0.3) is 10.2 Å². The number of hydrogen-bond acceptors (Lipinski definition) is 6. The van der Waals surface area contributed by atoms with Crippen LogP contribution in [0, 0.1) is 0 Å². The summed E-state index contributed by atoms with van der Waals surface area (Å²) in [5.74, 6) is -0.144. The molecule has 1 fully saturated rings. The van der Waals surface area contributed by atoms with Crippen molar-refractivity contribution in [3.63, 3.8) is 0 Å². The average Bonchev–Trinajstić information content (AvgIpc) is 3.17. The van der Waals surface area contributed by atoms with Gasteiger partial charge in [-0.1, -0.05) is 18.2 Å². The number of piperazine rings is 1. The van der Waals surface area contributed by atoms with Gasteiger partial charge in [0, 0.05) is 51.5 Å². The topological polar surface area (TPSA) is 68.8 Å². The van der Waals surface area contributed by atoms with Crippen molar-refractivity contribution in [2.75, 3.05) is 52.1 Å².